The summed E-state index contributed by atoms with van der Waals surface area (Å²) in [6.45, 7) is 1.99. The van der Waals surface area contributed by atoms with Crippen LogP contribution in [0.2, 0.25) is 0 Å². The van der Waals surface area contributed by atoms with Crippen LogP contribution in [0, 0.1) is 6.92 Å². The molecule has 0 unspecified atom stereocenters. The maximum Gasteiger partial charge on any atom is 0.264 e. The summed E-state index contributed by atoms with van der Waals surface area (Å²) < 4.78 is 1.98. The van der Waals surface area contributed by atoms with E-state index in [9.17, 15) is 4.79 Å². The molecular weight excluding hydrogens is 308 g/mol. The van der Waals surface area contributed by atoms with Gasteiger partial charge in [0.15, 0.2) is 5.65 Å². The second-order valence-corrected chi connectivity index (χ2v) is 7.30. The Hall–Kier alpha value is -2.21. The lowest BCUT2D eigenvalue weighted by Crippen LogP contribution is -2.42. The predicted octanol–water partition coefficient (Wildman–Crippen LogP) is 3.00. The molecule has 116 valence electrons. The lowest BCUT2D eigenvalue weighted by atomic mass is 9.99. The number of hydrogen-bond donors (Lipinski definition) is 0. The molecular formula is C17H16N4OS. The van der Waals surface area contributed by atoms with E-state index in [-0.39, 0.29) is 18.0 Å². The van der Waals surface area contributed by atoms with Crippen LogP contribution in [-0.2, 0) is 6.42 Å². The maximum absolute atomic E-state index is 12.9. The molecule has 5 nitrogen and oxygen atoms in total. The monoisotopic (exact) mass is 324 g/mol. The zero-order valence-corrected chi connectivity index (χ0v) is 13.6. The van der Waals surface area contributed by atoms with Gasteiger partial charge in [0.05, 0.1) is 22.3 Å². The molecule has 0 N–H and O–H groups in total. The van der Waals surface area contributed by atoms with Crippen molar-refractivity contribution in [2.24, 2.45) is 0 Å². The Morgan fingerprint density at radius 1 is 1.39 bits per heavy atom. The molecule has 0 radical (unpaired) electrons. The Labute approximate surface area is 137 Å². The fourth-order valence-electron chi connectivity index (χ4n) is 4.04. The zero-order valence-electron chi connectivity index (χ0n) is 12.8. The van der Waals surface area contributed by atoms with Crippen LogP contribution in [0.4, 0.5) is 0 Å². The average Bonchev–Trinajstić information content (AvgIpc) is 3.25. The summed E-state index contributed by atoms with van der Waals surface area (Å²) in [6, 6.07) is 6.28. The number of fused-ring (bicyclic) bond motifs is 6. The van der Waals surface area contributed by atoms with Gasteiger partial charge in [-0.25, -0.2) is 9.50 Å². The molecule has 2 aliphatic heterocycles. The van der Waals surface area contributed by atoms with Crippen molar-refractivity contribution >= 4 is 22.9 Å². The summed E-state index contributed by atoms with van der Waals surface area (Å²) in [7, 11) is 0. The summed E-state index contributed by atoms with van der Waals surface area (Å²) in [5.41, 5.74) is 4.28. The number of nitrogens with zero attached hydrogens (tertiary/aromatic N) is 4. The van der Waals surface area contributed by atoms with Crippen molar-refractivity contribution in [2.45, 2.75) is 38.3 Å². The molecule has 0 aromatic carbocycles. The van der Waals surface area contributed by atoms with Crippen molar-refractivity contribution in [3.63, 3.8) is 0 Å². The van der Waals surface area contributed by atoms with Crippen molar-refractivity contribution in [1.29, 1.82) is 0 Å². The summed E-state index contributed by atoms with van der Waals surface area (Å²) in [4.78, 5) is 20.4. The Bertz CT molecular complexity index is 914. The van der Waals surface area contributed by atoms with E-state index in [1.165, 1.54) is 22.6 Å². The first kappa shape index (κ1) is 13.2. The van der Waals surface area contributed by atoms with Gasteiger partial charge in [-0.15, -0.1) is 11.3 Å². The Morgan fingerprint density at radius 3 is 3.13 bits per heavy atom. The first-order valence-corrected chi connectivity index (χ1v) is 8.80. The second-order valence-electron chi connectivity index (χ2n) is 6.36. The molecule has 1 saturated heterocycles. The Kier molecular flexibility index (Phi) is 2.68. The molecule has 0 saturated carbocycles. The highest BCUT2D eigenvalue weighted by Gasteiger charge is 2.44. The smallest absolute Gasteiger partial charge is 0.264 e. The number of amides is 1. The molecule has 2 bridgehead atoms. The fourth-order valence-corrected chi connectivity index (χ4v) is 4.71. The minimum atomic E-state index is 0.139. The number of thiophene rings is 1. The number of aryl methyl sites for hydroxylation is 1. The number of hydrogen-bond acceptors (Lipinski definition) is 4. The van der Waals surface area contributed by atoms with E-state index in [1.807, 2.05) is 41.2 Å². The van der Waals surface area contributed by atoms with Crippen LogP contribution in [0.3, 0.4) is 0 Å². The van der Waals surface area contributed by atoms with Gasteiger partial charge in [-0.05, 0) is 31.2 Å². The molecule has 6 heteroatoms. The van der Waals surface area contributed by atoms with Crippen LogP contribution in [0.25, 0.3) is 5.65 Å². The van der Waals surface area contributed by atoms with Gasteiger partial charge in [0.2, 0.25) is 0 Å². The standard InChI is InChI=1S/C17H16N4OS/c1-10-7-16-18-9-12-13-5-4-11(8-14(12)21(16)19-10)20(13)17(22)15-3-2-6-23-15/h2-3,6-7,9,11,13H,4-5,8H2,1H3/t11-,13+/m1/s1. The normalized spacial score (nSPS) is 22.6. The van der Waals surface area contributed by atoms with Crippen LogP contribution in [0.1, 0.15) is 45.5 Å². The van der Waals surface area contributed by atoms with Gasteiger partial charge in [0, 0.05) is 30.3 Å². The molecule has 0 spiro atoms. The Morgan fingerprint density at radius 2 is 2.30 bits per heavy atom. The first-order chi connectivity index (χ1) is 11.2. The molecule has 3 aromatic rings. The number of aromatic nitrogens is 3. The quantitative estimate of drug-likeness (QED) is 0.691. The Balaban J connectivity index is 1.63. The molecule has 3 aromatic heterocycles. The first-order valence-electron chi connectivity index (χ1n) is 7.92. The van der Waals surface area contributed by atoms with E-state index in [2.05, 4.69) is 15.0 Å². The van der Waals surface area contributed by atoms with Crippen LogP contribution < -0.4 is 0 Å². The minimum absolute atomic E-state index is 0.139. The van der Waals surface area contributed by atoms with E-state index in [4.69, 9.17) is 0 Å². The van der Waals surface area contributed by atoms with Crippen molar-refractivity contribution in [2.75, 3.05) is 0 Å². The van der Waals surface area contributed by atoms with E-state index in [0.29, 0.717) is 0 Å². The molecule has 2 atom stereocenters. The predicted molar refractivity (Wildman–Crippen MR) is 87.7 cm³/mol. The zero-order chi connectivity index (χ0) is 15.6. The van der Waals surface area contributed by atoms with E-state index >= 15 is 0 Å². The van der Waals surface area contributed by atoms with Gasteiger partial charge in [-0.3, -0.25) is 4.79 Å². The molecule has 23 heavy (non-hydrogen) atoms. The van der Waals surface area contributed by atoms with E-state index in [0.717, 1.165) is 35.5 Å². The SMILES string of the molecule is Cc1cc2ncc3c(n2n1)C[C@H]1CC[C@@H]3N1C(=O)c1cccs1. The van der Waals surface area contributed by atoms with Crippen molar-refractivity contribution in [3.8, 4) is 0 Å². The summed E-state index contributed by atoms with van der Waals surface area (Å²) in [6.07, 6.45) is 4.89. The molecule has 5 rings (SSSR count). The van der Waals surface area contributed by atoms with Crippen LogP contribution >= 0.6 is 11.3 Å². The van der Waals surface area contributed by atoms with Crippen molar-refractivity contribution in [1.82, 2.24) is 19.5 Å². The lowest BCUT2D eigenvalue weighted by Gasteiger charge is -2.35. The number of carbonyl (C=O) groups is 1. The third kappa shape index (κ3) is 1.81. The lowest BCUT2D eigenvalue weighted by molar-refractivity contribution is 0.0648. The summed E-state index contributed by atoms with van der Waals surface area (Å²) >= 11 is 1.52. The highest BCUT2D eigenvalue weighted by Crippen LogP contribution is 2.44. The average molecular weight is 324 g/mol. The van der Waals surface area contributed by atoms with Gasteiger partial charge >= 0.3 is 0 Å². The fraction of sp³-hybridized carbons (Fsp3) is 0.353. The number of rotatable bonds is 1. The van der Waals surface area contributed by atoms with Crippen LogP contribution in [0.5, 0.6) is 0 Å². The van der Waals surface area contributed by atoms with Gasteiger partial charge in [0.25, 0.3) is 5.91 Å². The largest absolute Gasteiger partial charge is 0.327 e. The van der Waals surface area contributed by atoms with Gasteiger partial charge in [-0.1, -0.05) is 6.07 Å². The summed E-state index contributed by atoms with van der Waals surface area (Å²) in [5.74, 6) is 0.162. The molecule has 1 fully saturated rings. The van der Waals surface area contributed by atoms with Gasteiger partial charge < -0.3 is 4.90 Å². The van der Waals surface area contributed by atoms with E-state index < -0.39 is 0 Å². The third-order valence-corrected chi connectivity index (χ3v) is 5.85. The van der Waals surface area contributed by atoms with E-state index in [1.54, 1.807) is 0 Å². The van der Waals surface area contributed by atoms with Gasteiger partial charge in [-0.2, -0.15) is 5.10 Å². The molecule has 2 aliphatic rings. The van der Waals surface area contributed by atoms with Gasteiger partial charge in [0.1, 0.15) is 0 Å². The summed E-state index contributed by atoms with van der Waals surface area (Å²) in [5, 5.41) is 6.56. The molecule has 5 heterocycles. The van der Waals surface area contributed by atoms with Crippen molar-refractivity contribution in [3.05, 3.63) is 51.6 Å². The van der Waals surface area contributed by atoms with Crippen LogP contribution in [-0.4, -0.2) is 31.4 Å². The topological polar surface area (TPSA) is 50.5 Å². The highest BCUT2D eigenvalue weighted by atomic mass is 32.1. The number of carbonyl (C=O) groups excluding carboxylic acids is 1. The molecule has 0 aliphatic carbocycles. The highest BCUT2D eigenvalue weighted by molar-refractivity contribution is 7.12. The molecule has 1 amide bonds. The third-order valence-electron chi connectivity index (χ3n) is 4.99. The maximum atomic E-state index is 12.9. The minimum Gasteiger partial charge on any atom is -0.327 e. The van der Waals surface area contributed by atoms with Crippen molar-refractivity contribution < 1.29 is 4.79 Å². The second kappa shape index (κ2) is 4.64. The van der Waals surface area contributed by atoms with Crippen LogP contribution in [0.15, 0.2) is 29.8 Å².